The fourth-order valence-electron chi connectivity index (χ4n) is 3.02. The van der Waals surface area contributed by atoms with Gasteiger partial charge in [0.15, 0.2) is 11.6 Å². The molecule has 0 saturated carbocycles. The maximum Gasteiger partial charge on any atom is 0.193 e. The third-order valence-electron chi connectivity index (χ3n) is 4.68. The molecule has 0 fully saturated rings. The SMILES string of the molecule is O=C(c1ccc(Cl)cc1)c1ccc(Sc2ccc(C(=O)c3ccc(Cl)cc3)cc2)cc1. The van der Waals surface area contributed by atoms with Crippen LogP contribution in [0.25, 0.3) is 0 Å². The van der Waals surface area contributed by atoms with Gasteiger partial charge in [-0.2, -0.15) is 0 Å². The Hall–Kier alpha value is -2.85. The van der Waals surface area contributed by atoms with E-state index >= 15 is 0 Å². The number of halogens is 2. The normalized spacial score (nSPS) is 10.6. The Kier molecular flexibility index (Phi) is 6.57. The number of carbonyl (C=O) groups excluding carboxylic acids is 2. The van der Waals surface area contributed by atoms with E-state index in [1.807, 2.05) is 48.5 Å². The van der Waals surface area contributed by atoms with Crippen molar-refractivity contribution in [3.05, 3.63) is 129 Å². The van der Waals surface area contributed by atoms with E-state index in [1.54, 1.807) is 60.3 Å². The number of hydrogen-bond donors (Lipinski definition) is 0. The van der Waals surface area contributed by atoms with Crippen molar-refractivity contribution < 1.29 is 9.59 Å². The van der Waals surface area contributed by atoms with E-state index in [1.165, 1.54) is 0 Å². The van der Waals surface area contributed by atoms with Gasteiger partial charge in [-0.15, -0.1) is 0 Å². The van der Waals surface area contributed by atoms with E-state index in [0.29, 0.717) is 32.3 Å². The first-order valence-electron chi connectivity index (χ1n) is 9.48. The number of benzene rings is 4. The minimum absolute atomic E-state index is 0.0433. The maximum absolute atomic E-state index is 12.6. The highest BCUT2D eigenvalue weighted by Gasteiger charge is 2.11. The molecule has 0 bridgehead atoms. The van der Waals surface area contributed by atoms with Crippen molar-refractivity contribution in [2.24, 2.45) is 0 Å². The summed E-state index contributed by atoms with van der Waals surface area (Å²) in [5, 5.41) is 1.20. The van der Waals surface area contributed by atoms with Crippen molar-refractivity contribution in [2.75, 3.05) is 0 Å². The van der Waals surface area contributed by atoms with Gasteiger partial charge in [-0.3, -0.25) is 9.59 Å². The van der Waals surface area contributed by atoms with Crippen molar-refractivity contribution in [3.63, 3.8) is 0 Å². The third-order valence-corrected chi connectivity index (χ3v) is 6.20. The molecule has 4 rings (SSSR count). The number of ketones is 2. The summed E-state index contributed by atoms with van der Waals surface area (Å²) in [6.45, 7) is 0. The van der Waals surface area contributed by atoms with E-state index in [2.05, 4.69) is 0 Å². The molecular formula is C26H16Cl2O2S. The summed E-state index contributed by atoms with van der Waals surface area (Å²) in [5.41, 5.74) is 2.45. The van der Waals surface area contributed by atoms with Crippen LogP contribution in [0.2, 0.25) is 10.0 Å². The fraction of sp³-hybridized carbons (Fsp3) is 0. The first kappa shape index (κ1) is 21.4. The van der Waals surface area contributed by atoms with Crippen LogP contribution < -0.4 is 0 Å². The zero-order valence-corrected chi connectivity index (χ0v) is 18.5. The molecule has 0 unspecified atom stereocenters. The van der Waals surface area contributed by atoms with Crippen LogP contribution in [-0.4, -0.2) is 11.6 Å². The smallest absolute Gasteiger partial charge is 0.193 e. The van der Waals surface area contributed by atoms with Crippen LogP contribution in [0.4, 0.5) is 0 Å². The lowest BCUT2D eigenvalue weighted by Gasteiger charge is -2.06. The lowest BCUT2D eigenvalue weighted by Crippen LogP contribution is -2.00. The molecule has 31 heavy (non-hydrogen) atoms. The van der Waals surface area contributed by atoms with Crippen LogP contribution >= 0.6 is 35.0 Å². The summed E-state index contributed by atoms with van der Waals surface area (Å²) < 4.78 is 0. The third kappa shape index (κ3) is 5.26. The quantitative estimate of drug-likeness (QED) is 0.276. The predicted molar refractivity (Wildman–Crippen MR) is 127 cm³/mol. The van der Waals surface area contributed by atoms with Crippen LogP contribution in [0.15, 0.2) is 107 Å². The summed E-state index contributed by atoms with van der Waals surface area (Å²) >= 11 is 13.3. The highest BCUT2D eigenvalue weighted by Crippen LogP contribution is 2.29. The largest absolute Gasteiger partial charge is 0.289 e. The second kappa shape index (κ2) is 9.52. The molecule has 0 heterocycles. The Morgan fingerprint density at radius 3 is 1.00 bits per heavy atom. The molecule has 2 nitrogen and oxygen atoms in total. The van der Waals surface area contributed by atoms with E-state index in [9.17, 15) is 9.59 Å². The average Bonchev–Trinajstić information content (AvgIpc) is 2.80. The second-order valence-electron chi connectivity index (χ2n) is 6.82. The molecule has 0 aliphatic carbocycles. The molecule has 0 radical (unpaired) electrons. The lowest BCUT2D eigenvalue weighted by atomic mass is 10.0. The highest BCUT2D eigenvalue weighted by molar-refractivity contribution is 7.99. The standard InChI is InChI=1S/C26H16Cl2O2S/c27-21-9-1-17(2-10-21)25(29)19-5-13-23(14-6-19)31-24-15-7-20(8-16-24)26(30)18-3-11-22(28)12-4-18/h1-16H. The van der Waals surface area contributed by atoms with E-state index in [4.69, 9.17) is 23.2 Å². The van der Waals surface area contributed by atoms with Gasteiger partial charge in [-0.1, -0.05) is 35.0 Å². The Morgan fingerprint density at radius 1 is 0.452 bits per heavy atom. The first-order chi connectivity index (χ1) is 15.0. The number of carbonyl (C=O) groups is 2. The summed E-state index contributed by atoms with van der Waals surface area (Å²) in [4.78, 5) is 27.2. The Balaban J connectivity index is 1.43. The molecule has 4 aromatic rings. The molecule has 0 aliphatic rings. The highest BCUT2D eigenvalue weighted by atomic mass is 35.5. The molecule has 152 valence electrons. The summed E-state index contributed by atoms with van der Waals surface area (Å²) in [6, 6.07) is 28.7. The zero-order valence-electron chi connectivity index (χ0n) is 16.2. The Morgan fingerprint density at radius 2 is 0.710 bits per heavy atom. The minimum Gasteiger partial charge on any atom is -0.289 e. The monoisotopic (exact) mass is 462 g/mol. The van der Waals surface area contributed by atoms with Gasteiger partial charge < -0.3 is 0 Å². The molecule has 0 amide bonds. The van der Waals surface area contributed by atoms with Crippen molar-refractivity contribution in [1.29, 1.82) is 0 Å². The Labute approximate surface area is 194 Å². The van der Waals surface area contributed by atoms with Gasteiger partial charge in [-0.05, 0) is 97.1 Å². The maximum atomic E-state index is 12.6. The van der Waals surface area contributed by atoms with Gasteiger partial charge in [0.2, 0.25) is 0 Å². The molecule has 0 saturated heterocycles. The topological polar surface area (TPSA) is 34.1 Å². The van der Waals surface area contributed by atoms with Crippen LogP contribution in [0, 0.1) is 0 Å². The van der Waals surface area contributed by atoms with Crippen LogP contribution in [0.1, 0.15) is 31.8 Å². The van der Waals surface area contributed by atoms with Gasteiger partial charge in [-0.25, -0.2) is 0 Å². The molecule has 4 aromatic carbocycles. The fourth-order valence-corrected chi connectivity index (χ4v) is 4.09. The predicted octanol–water partition coefficient (Wildman–Crippen LogP) is 7.61. The van der Waals surface area contributed by atoms with Crippen LogP contribution in [0.3, 0.4) is 0 Å². The van der Waals surface area contributed by atoms with Gasteiger partial charge >= 0.3 is 0 Å². The Bertz CT molecular complexity index is 1120. The molecule has 0 N–H and O–H groups in total. The van der Waals surface area contributed by atoms with Crippen molar-refractivity contribution in [1.82, 2.24) is 0 Å². The van der Waals surface area contributed by atoms with Gasteiger partial charge in [0.1, 0.15) is 0 Å². The lowest BCUT2D eigenvalue weighted by molar-refractivity contribution is 0.103. The van der Waals surface area contributed by atoms with E-state index in [0.717, 1.165) is 9.79 Å². The molecule has 5 heteroatoms. The summed E-state index contributed by atoms with van der Waals surface area (Å²) in [5.74, 6) is -0.0865. The van der Waals surface area contributed by atoms with Crippen molar-refractivity contribution >= 4 is 46.5 Å². The molecule has 0 aromatic heterocycles. The zero-order chi connectivity index (χ0) is 21.8. The van der Waals surface area contributed by atoms with Crippen LogP contribution in [0.5, 0.6) is 0 Å². The summed E-state index contributed by atoms with van der Waals surface area (Å²) in [6.07, 6.45) is 0. The van der Waals surface area contributed by atoms with E-state index in [-0.39, 0.29) is 11.6 Å². The minimum atomic E-state index is -0.0433. The van der Waals surface area contributed by atoms with Crippen molar-refractivity contribution in [3.8, 4) is 0 Å². The van der Waals surface area contributed by atoms with Crippen molar-refractivity contribution in [2.45, 2.75) is 9.79 Å². The number of hydrogen-bond acceptors (Lipinski definition) is 3. The number of rotatable bonds is 6. The molecule has 0 aliphatic heterocycles. The first-order valence-corrected chi connectivity index (χ1v) is 11.1. The van der Waals surface area contributed by atoms with Gasteiger partial charge in [0.25, 0.3) is 0 Å². The van der Waals surface area contributed by atoms with Gasteiger partial charge in [0, 0.05) is 42.1 Å². The molecular weight excluding hydrogens is 447 g/mol. The molecule has 0 spiro atoms. The molecule has 0 atom stereocenters. The van der Waals surface area contributed by atoms with E-state index < -0.39 is 0 Å². The average molecular weight is 463 g/mol. The van der Waals surface area contributed by atoms with Crippen LogP contribution in [-0.2, 0) is 0 Å². The second-order valence-corrected chi connectivity index (χ2v) is 8.84. The van der Waals surface area contributed by atoms with Gasteiger partial charge in [0.05, 0.1) is 0 Å². The summed E-state index contributed by atoms with van der Waals surface area (Å²) in [7, 11) is 0.